The lowest BCUT2D eigenvalue weighted by Crippen LogP contribution is -2.26. The number of fused-ring (bicyclic) bond motifs is 1. The Bertz CT molecular complexity index is 572. The highest BCUT2D eigenvalue weighted by Crippen LogP contribution is 2.16. The zero-order valence-corrected chi connectivity index (χ0v) is 11.2. The van der Waals surface area contributed by atoms with Gasteiger partial charge in [0.1, 0.15) is 11.3 Å². The number of aromatic nitrogens is 2. The van der Waals surface area contributed by atoms with Crippen molar-refractivity contribution in [1.82, 2.24) is 14.7 Å². The zero-order chi connectivity index (χ0) is 13.1. The standard InChI is InChI=1S/C14H19N3O/c1-4-8-15-14(18)12-11(5-2)16-13-10(3)7-6-9-17(12)13/h6-7,9H,4-5,8H2,1-3H3,(H,15,18). The third kappa shape index (κ3) is 2.10. The summed E-state index contributed by atoms with van der Waals surface area (Å²) in [6.45, 7) is 6.77. The molecule has 0 spiro atoms. The van der Waals surface area contributed by atoms with Crippen molar-refractivity contribution in [3.8, 4) is 0 Å². The third-order valence-corrected chi connectivity index (χ3v) is 3.00. The van der Waals surface area contributed by atoms with Gasteiger partial charge in [-0.2, -0.15) is 0 Å². The molecule has 96 valence electrons. The summed E-state index contributed by atoms with van der Waals surface area (Å²) < 4.78 is 1.89. The van der Waals surface area contributed by atoms with Gasteiger partial charge in [0.25, 0.3) is 5.91 Å². The van der Waals surface area contributed by atoms with Crippen LogP contribution in [0, 0.1) is 6.92 Å². The lowest BCUT2D eigenvalue weighted by atomic mass is 10.2. The highest BCUT2D eigenvalue weighted by atomic mass is 16.1. The molecule has 0 atom stereocenters. The summed E-state index contributed by atoms with van der Waals surface area (Å²) in [6, 6.07) is 3.95. The van der Waals surface area contributed by atoms with Crippen LogP contribution in [0.5, 0.6) is 0 Å². The van der Waals surface area contributed by atoms with Crippen LogP contribution in [0.2, 0.25) is 0 Å². The maximum atomic E-state index is 12.2. The summed E-state index contributed by atoms with van der Waals surface area (Å²) in [5.74, 6) is -0.0354. The molecule has 0 saturated carbocycles. The van der Waals surface area contributed by atoms with Gasteiger partial charge in [-0.05, 0) is 31.4 Å². The molecule has 0 aliphatic carbocycles. The van der Waals surface area contributed by atoms with Crippen molar-refractivity contribution in [2.75, 3.05) is 6.54 Å². The fourth-order valence-electron chi connectivity index (χ4n) is 2.06. The van der Waals surface area contributed by atoms with Crippen LogP contribution < -0.4 is 5.32 Å². The van der Waals surface area contributed by atoms with Crippen LogP contribution in [-0.2, 0) is 6.42 Å². The lowest BCUT2D eigenvalue weighted by Gasteiger charge is -2.05. The van der Waals surface area contributed by atoms with Gasteiger partial charge < -0.3 is 5.32 Å². The number of nitrogens with one attached hydrogen (secondary N) is 1. The first-order valence-corrected chi connectivity index (χ1v) is 6.43. The Morgan fingerprint density at radius 1 is 1.44 bits per heavy atom. The van der Waals surface area contributed by atoms with E-state index < -0.39 is 0 Å². The van der Waals surface area contributed by atoms with Gasteiger partial charge in [0.15, 0.2) is 0 Å². The molecule has 18 heavy (non-hydrogen) atoms. The van der Waals surface area contributed by atoms with E-state index in [9.17, 15) is 4.79 Å². The molecule has 0 bridgehead atoms. The van der Waals surface area contributed by atoms with Crippen molar-refractivity contribution in [3.63, 3.8) is 0 Å². The Hall–Kier alpha value is -1.84. The topological polar surface area (TPSA) is 46.4 Å². The Kier molecular flexibility index (Phi) is 3.65. The second-order valence-electron chi connectivity index (χ2n) is 4.40. The van der Waals surface area contributed by atoms with Crippen molar-refractivity contribution in [1.29, 1.82) is 0 Å². The number of imidazole rings is 1. The number of hydrogen-bond acceptors (Lipinski definition) is 2. The predicted molar refractivity (Wildman–Crippen MR) is 71.9 cm³/mol. The molecule has 0 aromatic carbocycles. The minimum Gasteiger partial charge on any atom is -0.351 e. The third-order valence-electron chi connectivity index (χ3n) is 3.00. The first-order chi connectivity index (χ1) is 8.69. The molecule has 0 fully saturated rings. The van der Waals surface area contributed by atoms with E-state index in [0.717, 1.165) is 29.7 Å². The van der Waals surface area contributed by atoms with E-state index in [1.165, 1.54) is 0 Å². The van der Waals surface area contributed by atoms with Crippen LogP contribution in [0.1, 0.15) is 42.0 Å². The van der Waals surface area contributed by atoms with Gasteiger partial charge in [-0.3, -0.25) is 9.20 Å². The minimum absolute atomic E-state index is 0.0354. The number of nitrogens with zero attached hydrogens (tertiary/aromatic N) is 2. The molecule has 4 heteroatoms. The number of carbonyl (C=O) groups excluding carboxylic acids is 1. The fourth-order valence-corrected chi connectivity index (χ4v) is 2.06. The van der Waals surface area contributed by atoms with Gasteiger partial charge in [0.05, 0.1) is 5.69 Å². The van der Waals surface area contributed by atoms with Crippen molar-refractivity contribution in [2.24, 2.45) is 0 Å². The molecule has 0 aliphatic rings. The molecule has 1 N–H and O–H groups in total. The van der Waals surface area contributed by atoms with Crippen LogP contribution in [0.15, 0.2) is 18.3 Å². The highest BCUT2D eigenvalue weighted by Gasteiger charge is 2.18. The first kappa shape index (κ1) is 12.6. The lowest BCUT2D eigenvalue weighted by molar-refractivity contribution is 0.0947. The van der Waals surface area contributed by atoms with E-state index >= 15 is 0 Å². The van der Waals surface area contributed by atoms with Crippen molar-refractivity contribution < 1.29 is 4.79 Å². The molecule has 2 aromatic heterocycles. The fraction of sp³-hybridized carbons (Fsp3) is 0.429. The van der Waals surface area contributed by atoms with Gasteiger partial charge in [-0.15, -0.1) is 0 Å². The highest BCUT2D eigenvalue weighted by molar-refractivity contribution is 5.94. The van der Waals surface area contributed by atoms with Gasteiger partial charge in [-0.1, -0.05) is 19.9 Å². The molecular formula is C14H19N3O. The van der Waals surface area contributed by atoms with Crippen LogP contribution in [-0.4, -0.2) is 21.8 Å². The number of carbonyl (C=O) groups is 1. The van der Waals surface area contributed by atoms with Crippen LogP contribution >= 0.6 is 0 Å². The van der Waals surface area contributed by atoms with Crippen molar-refractivity contribution in [3.05, 3.63) is 35.3 Å². The summed E-state index contributed by atoms with van der Waals surface area (Å²) in [7, 11) is 0. The van der Waals surface area contributed by atoms with Crippen LogP contribution in [0.3, 0.4) is 0 Å². The van der Waals surface area contributed by atoms with Gasteiger partial charge in [0.2, 0.25) is 0 Å². The number of rotatable bonds is 4. The van der Waals surface area contributed by atoms with E-state index in [1.54, 1.807) is 0 Å². The number of aryl methyl sites for hydroxylation is 2. The molecule has 0 aliphatic heterocycles. The molecule has 4 nitrogen and oxygen atoms in total. The largest absolute Gasteiger partial charge is 0.351 e. The Balaban J connectivity index is 2.53. The maximum absolute atomic E-state index is 12.2. The second-order valence-corrected chi connectivity index (χ2v) is 4.40. The molecule has 0 saturated heterocycles. The number of amides is 1. The van der Waals surface area contributed by atoms with Crippen molar-refractivity contribution in [2.45, 2.75) is 33.6 Å². The van der Waals surface area contributed by atoms with Crippen LogP contribution in [0.25, 0.3) is 5.65 Å². The Morgan fingerprint density at radius 3 is 2.89 bits per heavy atom. The molecule has 0 radical (unpaired) electrons. The SMILES string of the molecule is CCCNC(=O)c1c(CC)nc2c(C)cccn12. The van der Waals surface area contributed by atoms with E-state index in [1.807, 2.05) is 43.5 Å². The summed E-state index contributed by atoms with van der Waals surface area (Å²) >= 11 is 0. The van der Waals surface area contributed by atoms with Crippen LogP contribution in [0.4, 0.5) is 0 Å². The number of hydrogen-bond donors (Lipinski definition) is 1. The molecule has 1 amide bonds. The first-order valence-electron chi connectivity index (χ1n) is 6.43. The maximum Gasteiger partial charge on any atom is 0.270 e. The Morgan fingerprint density at radius 2 is 2.22 bits per heavy atom. The normalized spacial score (nSPS) is 10.8. The van der Waals surface area contributed by atoms with Crippen molar-refractivity contribution >= 4 is 11.6 Å². The zero-order valence-electron chi connectivity index (χ0n) is 11.2. The van der Waals surface area contributed by atoms with E-state index in [4.69, 9.17) is 0 Å². The molecule has 2 aromatic rings. The molecule has 0 unspecified atom stereocenters. The summed E-state index contributed by atoms with van der Waals surface area (Å²) in [5.41, 5.74) is 3.49. The monoisotopic (exact) mass is 245 g/mol. The van der Waals surface area contributed by atoms with E-state index in [-0.39, 0.29) is 5.91 Å². The van der Waals surface area contributed by atoms with Gasteiger partial charge in [-0.25, -0.2) is 4.98 Å². The second kappa shape index (κ2) is 5.21. The summed E-state index contributed by atoms with van der Waals surface area (Å²) in [5, 5.41) is 2.92. The summed E-state index contributed by atoms with van der Waals surface area (Å²) in [6.07, 6.45) is 3.59. The van der Waals surface area contributed by atoms with E-state index in [2.05, 4.69) is 10.3 Å². The average molecular weight is 245 g/mol. The smallest absolute Gasteiger partial charge is 0.270 e. The van der Waals surface area contributed by atoms with E-state index in [0.29, 0.717) is 12.2 Å². The minimum atomic E-state index is -0.0354. The van der Waals surface area contributed by atoms with Gasteiger partial charge >= 0.3 is 0 Å². The average Bonchev–Trinajstić information content (AvgIpc) is 2.76. The molecular weight excluding hydrogens is 226 g/mol. The molecule has 2 rings (SSSR count). The molecule has 2 heterocycles. The number of pyridine rings is 1. The summed E-state index contributed by atoms with van der Waals surface area (Å²) in [4.78, 5) is 16.8. The van der Waals surface area contributed by atoms with Gasteiger partial charge in [0, 0.05) is 12.7 Å². The predicted octanol–water partition coefficient (Wildman–Crippen LogP) is 2.34. The quantitative estimate of drug-likeness (QED) is 0.898. The Labute approximate surface area is 107 Å².